The average Bonchev–Trinajstić information content (AvgIpc) is 2.34. The fourth-order valence-electron chi connectivity index (χ4n) is 1.48. The van der Waals surface area contributed by atoms with Gasteiger partial charge in [0, 0.05) is 6.07 Å². The van der Waals surface area contributed by atoms with Crippen molar-refractivity contribution in [3.05, 3.63) is 53.6 Å². The van der Waals surface area contributed by atoms with Crippen LogP contribution >= 0.6 is 7.82 Å². The summed E-state index contributed by atoms with van der Waals surface area (Å²) < 4.78 is 14.5. The van der Waals surface area contributed by atoms with E-state index >= 15 is 0 Å². The van der Waals surface area contributed by atoms with Gasteiger partial charge in [-0.1, -0.05) is 24.3 Å². The molecule has 0 spiro atoms. The lowest BCUT2D eigenvalue weighted by Crippen LogP contribution is -1.89. The summed E-state index contributed by atoms with van der Waals surface area (Å²) in [5.41, 5.74) is 1.88. The van der Waals surface area contributed by atoms with Crippen LogP contribution in [0.15, 0.2) is 42.5 Å². The Morgan fingerprint density at radius 2 is 1.48 bits per heavy atom. The van der Waals surface area contributed by atoms with E-state index in [1.807, 2.05) is 32.0 Å². The average molecular weight is 312 g/mol. The molecule has 2 aromatic rings. The van der Waals surface area contributed by atoms with Gasteiger partial charge >= 0.3 is 7.82 Å². The first-order chi connectivity index (χ1) is 9.69. The summed E-state index contributed by atoms with van der Waals surface area (Å²) in [7, 11) is -4.52. The highest BCUT2D eigenvalue weighted by Crippen LogP contribution is 2.38. The molecule has 21 heavy (non-hydrogen) atoms. The molecular formula is C14H17O6P. The molecule has 0 bridgehead atoms. The van der Waals surface area contributed by atoms with Crippen LogP contribution < -0.4 is 4.52 Å². The van der Waals surface area contributed by atoms with Gasteiger partial charge in [-0.15, -0.1) is 0 Å². The van der Waals surface area contributed by atoms with Crippen LogP contribution in [0.2, 0.25) is 0 Å². The maximum Gasteiger partial charge on any atom is 0.524 e. The molecule has 0 aromatic heterocycles. The molecule has 0 amide bonds. The summed E-state index contributed by atoms with van der Waals surface area (Å²) in [6, 6.07) is 10.9. The summed E-state index contributed by atoms with van der Waals surface area (Å²) in [6.45, 7) is 3.78. The predicted molar refractivity (Wildman–Crippen MR) is 78.4 cm³/mol. The Kier molecular flexibility index (Phi) is 5.79. The predicted octanol–water partition coefficient (Wildman–Crippen LogP) is 2.87. The topological polar surface area (TPSA) is 107 Å². The summed E-state index contributed by atoms with van der Waals surface area (Å²) >= 11 is 0. The molecule has 0 heterocycles. The third-order valence-corrected chi connectivity index (χ3v) is 2.93. The maximum absolute atomic E-state index is 10.3. The highest BCUT2D eigenvalue weighted by molar-refractivity contribution is 7.46. The van der Waals surface area contributed by atoms with E-state index in [0.29, 0.717) is 5.75 Å². The van der Waals surface area contributed by atoms with Crippen LogP contribution in [-0.2, 0) is 4.57 Å². The van der Waals surface area contributed by atoms with Crippen molar-refractivity contribution in [3.63, 3.8) is 0 Å². The summed E-state index contributed by atoms with van der Waals surface area (Å²) in [6.07, 6.45) is 0. The monoisotopic (exact) mass is 312 g/mol. The number of benzene rings is 2. The number of aromatic hydroxyl groups is 2. The molecule has 0 aliphatic carbocycles. The van der Waals surface area contributed by atoms with Crippen LogP contribution in [0, 0.1) is 13.8 Å². The number of para-hydroxylation sites is 1. The molecule has 0 atom stereocenters. The molecule has 0 unspecified atom stereocenters. The summed E-state index contributed by atoms with van der Waals surface area (Å²) in [4.78, 5) is 16.7. The first kappa shape index (κ1) is 17.0. The van der Waals surface area contributed by atoms with Crippen molar-refractivity contribution in [3.8, 4) is 17.2 Å². The molecule has 7 heteroatoms. The van der Waals surface area contributed by atoms with E-state index in [9.17, 15) is 9.67 Å². The van der Waals surface area contributed by atoms with E-state index in [4.69, 9.17) is 14.9 Å². The maximum atomic E-state index is 10.3. The number of aryl methyl sites for hydroxylation is 2. The molecular weight excluding hydrogens is 295 g/mol. The van der Waals surface area contributed by atoms with Crippen molar-refractivity contribution in [2.24, 2.45) is 0 Å². The normalized spacial score (nSPS) is 10.5. The second kappa shape index (κ2) is 7.13. The Morgan fingerprint density at radius 3 is 1.90 bits per heavy atom. The number of rotatable bonds is 2. The lowest BCUT2D eigenvalue weighted by Gasteiger charge is -2.05. The molecule has 0 saturated carbocycles. The van der Waals surface area contributed by atoms with Gasteiger partial charge < -0.3 is 14.7 Å². The van der Waals surface area contributed by atoms with Gasteiger partial charge in [0.1, 0.15) is 17.2 Å². The molecule has 0 aliphatic heterocycles. The fraction of sp³-hybridized carbons (Fsp3) is 0.143. The smallest absolute Gasteiger partial charge is 0.508 e. The molecule has 0 saturated heterocycles. The molecule has 4 N–H and O–H groups in total. The zero-order valence-corrected chi connectivity index (χ0v) is 12.5. The third kappa shape index (κ3) is 6.31. The minimum absolute atomic E-state index is 0.0664. The van der Waals surface area contributed by atoms with Crippen molar-refractivity contribution in [1.29, 1.82) is 0 Å². The standard InChI is InChI=1S/C8H10O.C6H7O5P/c1-6-4-3-5-7(2)8(6)9;7-5-2-1-3-6(4-5)11-12(8,9)10/h3-5,9H,1-2H3;1-4,7H,(H2,8,9,10). The van der Waals surface area contributed by atoms with Gasteiger partial charge in [-0.25, -0.2) is 4.57 Å². The minimum Gasteiger partial charge on any atom is -0.508 e. The Bertz CT molecular complexity index is 629. The first-order valence-electron chi connectivity index (χ1n) is 5.98. The van der Waals surface area contributed by atoms with Crippen LogP contribution in [0.3, 0.4) is 0 Å². The highest BCUT2D eigenvalue weighted by Gasteiger charge is 2.15. The van der Waals surface area contributed by atoms with Crippen molar-refractivity contribution < 1.29 is 29.1 Å². The molecule has 0 radical (unpaired) electrons. The number of hydrogen-bond acceptors (Lipinski definition) is 4. The zero-order chi connectivity index (χ0) is 16.0. The van der Waals surface area contributed by atoms with E-state index < -0.39 is 7.82 Å². The lowest BCUT2D eigenvalue weighted by molar-refractivity contribution is 0.283. The number of phenolic OH excluding ortho intramolecular Hbond substituents is 2. The van der Waals surface area contributed by atoms with E-state index in [1.165, 1.54) is 18.2 Å². The highest BCUT2D eigenvalue weighted by atomic mass is 31.2. The summed E-state index contributed by atoms with van der Waals surface area (Å²) in [5.74, 6) is 0.238. The third-order valence-electron chi connectivity index (χ3n) is 2.48. The number of phosphoric acid groups is 1. The number of hydrogen-bond donors (Lipinski definition) is 4. The van der Waals surface area contributed by atoms with Gasteiger partial charge in [0.05, 0.1) is 0 Å². The largest absolute Gasteiger partial charge is 0.524 e. The van der Waals surface area contributed by atoms with Gasteiger partial charge in [0.25, 0.3) is 0 Å². The van der Waals surface area contributed by atoms with Gasteiger partial charge in [0.15, 0.2) is 0 Å². The minimum atomic E-state index is -4.52. The second-order valence-corrected chi connectivity index (χ2v) is 5.48. The zero-order valence-electron chi connectivity index (χ0n) is 11.6. The van der Waals surface area contributed by atoms with Gasteiger partial charge in [0.2, 0.25) is 0 Å². The molecule has 114 valence electrons. The quantitative estimate of drug-likeness (QED) is 0.635. The van der Waals surface area contributed by atoms with Gasteiger partial charge in [-0.3, -0.25) is 9.79 Å². The SMILES string of the molecule is Cc1cccc(C)c1O.O=P(O)(O)Oc1cccc(O)c1. The fourth-order valence-corrected chi connectivity index (χ4v) is 1.87. The molecule has 6 nitrogen and oxygen atoms in total. The van der Waals surface area contributed by atoms with E-state index in [0.717, 1.165) is 17.2 Å². The first-order valence-corrected chi connectivity index (χ1v) is 7.51. The van der Waals surface area contributed by atoms with Crippen LogP contribution in [-0.4, -0.2) is 20.0 Å². The van der Waals surface area contributed by atoms with Crippen LogP contribution in [0.1, 0.15) is 11.1 Å². The van der Waals surface area contributed by atoms with Crippen molar-refractivity contribution in [2.75, 3.05) is 0 Å². The Morgan fingerprint density at radius 1 is 0.952 bits per heavy atom. The van der Waals surface area contributed by atoms with Crippen LogP contribution in [0.4, 0.5) is 0 Å². The Labute approximate surface area is 122 Å². The number of phenols is 2. The number of phosphoric ester groups is 1. The Hall–Kier alpha value is -2.01. The van der Waals surface area contributed by atoms with Crippen LogP contribution in [0.5, 0.6) is 17.2 Å². The van der Waals surface area contributed by atoms with E-state index in [2.05, 4.69) is 4.52 Å². The molecule has 0 aliphatic rings. The molecule has 2 rings (SSSR count). The van der Waals surface area contributed by atoms with Crippen molar-refractivity contribution in [1.82, 2.24) is 0 Å². The van der Waals surface area contributed by atoms with E-state index in [-0.39, 0.29) is 11.5 Å². The van der Waals surface area contributed by atoms with Crippen LogP contribution in [0.25, 0.3) is 0 Å². The lowest BCUT2D eigenvalue weighted by atomic mass is 10.1. The van der Waals surface area contributed by atoms with Gasteiger partial charge in [-0.2, -0.15) is 0 Å². The van der Waals surface area contributed by atoms with Crippen molar-refractivity contribution >= 4 is 7.82 Å². The summed E-state index contributed by atoms with van der Waals surface area (Å²) in [5, 5.41) is 18.1. The van der Waals surface area contributed by atoms with E-state index in [1.54, 1.807) is 0 Å². The molecule has 0 fully saturated rings. The van der Waals surface area contributed by atoms with Gasteiger partial charge in [-0.05, 0) is 37.1 Å². The Balaban J connectivity index is 0.000000219. The van der Waals surface area contributed by atoms with Crippen molar-refractivity contribution in [2.45, 2.75) is 13.8 Å². The second-order valence-electron chi connectivity index (χ2n) is 4.32. The molecule has 2 aromatic carbocycles.